The number of aromatic nitrogens is 3. The van der Waals surface area contributed by atoms with Crippen LogP contribution in [0.1, 0.15) is 20.2 Å². The normalized spacial score (nSPS) is 10.5. The summed E-state index contributed by atoms with van der Waals surface area (Å²) in [6.45, 7) is 2.59. The molecular formula is C9H9N3O2S. The molecule has 0 bridgehead atoms. The summed E-state index contributed by atoms with van der Waals surface area (Å²) in [5.74, 6) is -1.05. The minimum atomic E-state index is -1.05. The van der Waals surface area contributed by atoms with Crippen LogP contribution in [-0.2, 0) is 6.54 Å². The van der Waals surface area contributed by atoms with Gasteiger partial charge in [-0.25, -0.2) is 9.48 Å². The second-order valence-corrected chi connectivity index (χ2v) is 4.49. The number of rotatable bonds is 3. The number of carboxylic acids is 1. The van der Waals surface area contributed by atoms with Crippen LogP contribution in [0, 0.1) is 6.92 Å². The molecule has 0 aliphatic heterocycles. The number of thiophene rings is 1. The standard InChI is InChI=1S/C9H9N3O2S/c1-6-2-3-7(15-6)4-12-5-8(9(13)14)10-11-12/h2-3,5H,4H2,1H3,(H,13,14). The van der Waals surface area contributed by atoms with E-state index in [1.807, 2.05) is 19.1 Å². The fourth-order valence-electron chi connectivity index (χ4n) is 1.20. The Morgan fingerprint density at radius 3 is 2.93 bits per heavy atom. The summed E-state index contributed by atoms with van der Waals surface area (Å²) in [6, 6.07) is 4.02. The van der Waals surface area contributed by atoms with Gasteiger partial charge in [0.1, 0.15) is 0 Å². The van der Waals surface area contributed by atoms with Gasteiger partial charge in [0.25, 0.3) is 0 Å². The molecule has 2 rings (SSSR count). The number of hydrogen-bond donors (Lipinski definition) is 1. The van der Waals surface area contributed by atoms with Crippen LogP contribution in [0.25, 0.3) is 0 Å². The van der Waals surface area contributed by atoms with E-state index in [-0.39, 0.29) is 5.69 Å². The molecule has 0 saturated heterocycles. The van der Waals surface area contributed by atoms with E-state index < -0.39 is 5.97 Å². The van der Waals surface area contributed by atoms with Gasteiger partial charge in [-0.3, -0.25) is 0 Å². The van der Waals surface area contributed by atoms with Crippen LogP contribution in [0.4, 0.5) is 0 Å². The molecule has 5 nitrogen and oxygen atoms in total. The highest BCUT2D eigenvalue weighted by molar-refractivity contribution is 7.11. The quantitative estimate of drug-likeness (QED) is 0.853. The van der Waals surface area contributed by atoms with Crippen LogP contribution in [0.3, 0.4) is 0 Å². The zero-order valence-corrected chi connectivity index (χ0v) is 8.86. The first-order valence-corrected chi connectivity index (χ1v) is 5.15. The van der Waals surface area contributed by atoms with Crippen molar-refractivity contribution < 1.29 is 9.90 Å². The van der Waals surface area contributed by atoms with Crippen molar-refractivity contribution in [2.45, 2.75) is 13.5 Å². The van der Waals surface area contributed by atoms with E-state index in [2.05, 4.69) is 10.3 Å². The van der Waals surface area contributed by atoms with Gasteiger partial charge in [-0.2, -0.15) is 0 Å². The largest absolute Gasteiger partial charge is 0.476 e. The molecule has 0 amide bonds. The molecule has 0 aliphatic rings. The van der Waals surface area contributed by atoms with Gasteiger partial charge in [0.2, 0.25) is 0 Å². The number of nitrogens with zero attached hydrogens (tertiary/aromatic N) is 3. The Morgan fingerprint density at radius 2 is 2.40 bits per heavy atom. The van der Waals surface area contributed by atoms with Crippen molar-refractivity contribution >= 4 is 17.3 Å². The van der Waals surface area contributed by atoms with Crippen LogP contribution < -0.4 is 0 Å². The lowest BCUT2D eigenvalue weighted by atomic mass is 10.4. The predicted molar refractivity (Wildman–Crippen MR) is 55.1 cm³/mol. The third-order valence-electron chi connectivity index (χ3n) is 1.87. The highest BCUT2D eigenvalue weighted by Gasteiger charge is 2.08. The fraction of sp³-hybridized carbons (Fsp3) is 0.222. The van der Waals surface area contributed by atoms with Gasteiger partial charge in [0.05, 0.1) is 12.7 Å². The smallest absolute Gasteiger partial charge is 0.358 e. The third-order valence-corrected chi connectivity index (χ3v) is 2.86. The number of aromatic carboxylic acids is 1. The number of hydrogen-bond acceptors (Lipinski definition) is 4. The van der Waals surface area contributed by atoms with Gasteiger partial charge < -0.3 is 5.11 Å². The lowest BCUT2D eigenvalue weighted by molar-refractivity contribution is 0.0690. The van der Waals surface area contributed by atoms with Crippen LogP contribution in [0.2, 0.25) is 0 Å². The summed E-state index contributed by atoms with van der Waals surface area (Å²) in [4.78, 5) is 12.9. The molecule has 0 spiro atoms. The van der Waals surface area contributed by atoms with E-state index in [1.165, 1.54) is 15.8 Å². The molecule has 0 saturated carbocycles. The van der Waals surface area contributed by atoms with Crippen molar-refractivity contribution in [3.05, 3.63) is 33.8 Å². The molecule has 0 aromatic carbocycles. The Hall–Kier alpha value is -1.69. The molecule has 0 unspecified atom stereocenters. The average molecular weight is 223 g/mol. The monoisotopic (exact) mass is 223 g/mol. The second kappa shape index (κ2) is 3.82. The van der Waals surface area contributed by atoms with Gasteiger partial charge in [-0.1, -0.05) is 5.21 Å². The average Bonchev–Trinajstić information content (AvgIpc) is 2.76. The van der Waals surface area contributed by atoms with Crippen molar-refractivity contribution in [1.82, 2.24) is 15.0 Å². The predicted octanol–water partition coefficient (Wildman–Crippen LogP) is 1.39. The van der Waals surface area contributed by atoms with Crippen molar-refractivity contribution in [2.75, 3.05) is 0 Å². The van der Waals surface area contributed by atoms with E-state index in [9.17, 15) is 4.79 Å². The molecule has 0 atom stereocenters. The lowest BCUT2D eigenvalue weighted by Crippen LogP contribution is -1.98. The first-order valence-electron chi connectivity index (χ1n) is 4.34. The number of carbonyl (C=O) groups is 1. The van der Waals surface area contributed by atoms with Gasteiger partial charge in [-0.05, 0) is 19.1 Å². The van der Waals surface area contributed by atoms with Crippen LogP contribution in [0.5, 0.6) is 0 Å². The molecule has 0 aliphatic carbocycles. The first kappa shape index (κ1) is 9.85. The summed E-state index contributed by atoms with van der Waals surface area (Å²) in [5, 5.41) is 15.9. The van der Waals surface area contributed by atoms with E-state index in [1.54, 1.807) is 11.3 Å². The zero-order chi connectivity index (χ0) is 10.8. The number of aryl methyl sites for hydroxylation is 1. The second-order valence-electron chi connectivity index (χ2n) is 3.12. The Kier molecular flexibility index (Phi) is 2.51. The highest BCUT2D eigenvalue weighted by Crippen LogP contribution is 2.15. The van der Waals surface area contributed by atoms with Gasteiger partial charge in [-0.15, -0.1) is 16.4 Å². The summed E-state index contributed by atoms with van der Waals surface area (Å²) in [6.07, 6.45) is 1.43. The van der Waals surface area contributed by atoms with E-state index in [0.29, 0.717) is 6.54 Å². The Labute approximate surface area is 90.0 Å². The maximum absolute atomic E-state index is 10.6. The molecule has 0 fully saturated rings. The fourth-order valence-corrected chi connectivity index (χ4v) is 2.09. The summed E-state index contributed by atoms with van der Waals surface area (Å²) >= 11 is 1.66. The summed E-state index contributed by atoms with van der Waals surface area (Å²) in [5.41, 5.74) is -0.0247. The van der Waals surface area contributed by atoms with Crippen LogP contribution in [-0.4, -0.2) is 26.1 Å². The molecular weight excluding hydrogens is 214 g/mol. The van der Waals surface area contributed by atoms with Crippen molar-refractivity contribution in [2.24, 2.45) is 0 Å². The van der Waals surface area contributed by atoms with Crippen molar-refractivity contribution in [1.29, 1.82) is 0 Å². The maximum atomic E-state index is 10.6. The first-order chi connectivity index (χ1) is 7.15. The van der Waals surface area contributed by atoms with Crippen molar-refractivity contribution in [3.63, 3.8) is 0 Å². The number of carboxylic acid groups (broad SMARTS) is 1. The lowest BCUT2D eigenvalue weighted by Gasteiger charge is -1.94. The Balaban J connectivity index is 2.14. The minimum absolute atomic E-state index is 0.0247. The van der Waals surface area contributed by atoms with Gasteiger partial charge >= 0.3 is 5.97 Å². The SMILES string of the molecule is Cc1ccc(Cn2cc(C(=O)O)nn2)s1. The van der Waals surface area contributed by atoms with E-state index in [0.717, 1.165) is 4.88 Å². The Bertz CT molecular complexity index is 489. The van der Waals surface area contributed by atoms with Crippen molar-refractivity contribution in [3.8, 4) is 0 Å². The molecule has 2 aromatic rings. The van der Waals surface area contributed by atoms with E-state index in [4.69, 9.17) is 5.11 Å². The minimum Gasteiger partial charge on any atom is -0.476 e. The highest BCUT2D eigenvalue weighted by atomic mass is 32.1. The third kappa shape index (κ3) is 2.21. The van der Waals surface area contributed by atoms with Crippen LogP contribution >= 0.6 is 11.3 Å². The Morgan fingerprint density at radius 1 is 1.60 bits per heavy atom. The molecule has 15 heavy (non-hydrogen) atoms. The molecule has 2 aromatic heterocycles. The van der Waals surface area contributed by atoms with Gasteiger partial charge in [0.15, 0.2) is 5.69 Å². The zero-order valence-electron chi connectivity index (χ0n) is 8.04. The molecule has 0 radical (unpaired) electrons. The maximum Gasteiger partial charge on any atom is 0.358 e. The van der Waals surface area contributed by atoms with Gasteiger partial charge in [0, 0.05) is 9.75 Å². The topological polar surface area (TPSA) is 68.0 Å². The molecule has 6 heteroatoms. The van der Waals surface area contributed by atoms with Crippen LogP contribution in [0.15, 0.2) is 18.3 Å². The molecule has 78 valence electrons. The summed E-state index contributed by atoms with van der Waals surface area (Å²) < 4.78 is 1.52. The molecule has 1 N–H and O–H groups in total. The molecule has 2 heterocycles. The summed E-state index contributed by atoms with van der Waals surface area (Å²) in [7, 11) is 0. The van der Waals surface area contributed by atoms with E-state index >= 15 is 0 Å².